The van der Waals surface area contributed by atoms with E-state index in [1.54, 1.807) is 17.0 Å². The molecule has 2 aliphatic heterocycles. The van der Waals surface area contributed by atoms with Gasteiger partial charge in [-0.1, -0.05) is 18.2 Å². The number of imidazole rings is 1. The van der Waals surface area contributed by atoms with Gasteiger partial charge in [-0.2, -0.15) is 0 Å². The summed E-state index contributed by atoms with van der Waals surface area (Å²) in [5.41, 5.74) is 5.60. The molecule has 0 bridgehead atoms. The molecule has 2 aromatic heterocycles. The smallest absolute Gasteiger partial charge is 0.265 e. The number of carbonyl (C=O) groups is 2. The van der Waals surface area contributed by atoms with Crippen LogP contribution < -0.4 is 15.0 Å². The first-order valence-electron chi connectivity index (χ1n) is 11.1. The van der Waals surface area contributed by atoms with E-state index in [-0.39, 0.29) is 30.7 Å². The molecule has 0 saturated heterocycles. The van der Waals surface area contributed by atoms with Crippen LogP contribution in [0.25, 0.3) is 16.8 Å². The lowest BCUT2D eigenvalue weighted by Gasteiger charge is -2.30. The molecule has 0 unspecified atom stereocenters. The molecule has 2 aromatic carbocycles. The maximum absolute atomic E-state index is 15.2. The van der Waals surface area contributed by atoms with E-state index >= 15 is 4.39 Å². The Hall–Kier alpha value is -4.20. The van der Waals surface area contributed by atoms with E-state index in [2.05, 4.69) is 10.3 Å². The van der Waals surface area contributed by atoms with E-state index < -0.39 is 5.82 Å². The van der Waals surface area contributed by atoms with Gasteiger partial charge in [-0.15, -0.1) is 0 Å². The number of ether oxygens (including phenoxy) is 1. The highest BCUT2D eigenvalue weighted by molar-refractivity contribution is 6.00. The van der Waals surface area contributed by atoms with Gasteiger partial charge in [0.05, 0.1) is 23.6 Å². The van der Waals surface area contributed by atoms with Gasteiger partial charge in [0, 0.05) is 18.3 Å². The molecule has 0 saturated carbocycles. The van der Waals surface area contributed by atoms with Crippen LogP contribution in [0.15, 0.2) is 54.7 Å². The highest BCUT2D eigenvalue weighted by Crippen LogP contribution is 2.40. The van der Waals surface area contributed by atoms with Crippen molar-refractivity contribution in [3.8, 4) is 16.9 Å². The number of anilines is 1. The minimum absolute atomic E-state index is 0.0468. The minimum Gasteiger partial charge on any atom is -0.478 e. The van der Waals surface area contributed by atoms with Crippen molar-refractivity contribution in [1.29, 1.82) is 0 Å². The van der Waals surface area contributed by atoms with Crippen molar-refractivity contribution >= 4 is 23.1 Å². The molecule has 6 rings (SSSR count). The van der Waals surface area contributed by atoms with E-state index in [1.165, 1.54) is 6.07 Å². The molecule has 0 radical (unpaired) electrons. The van der Waals surface area contributed by atoms with Gasteiger partial charge in [-0.25, -0.2) is 9.37 Å². The van der Waals surface area contributed by atoms with Crippen molar-refractivity contribution in [3.05, 3.63) is 83.1 Å². The molecule has 2 aliphatic rings. The summed E-state index contributed by atoms with van der Waals surface area (Å²) in [6, 6.07) is 14.4. The zero-order chi connectivity index (χ0) is 23.4. The third kappa shape index (κ3) is 3.22. The number of amides is 2. The number of aromatic nitrogens is 2. The number of benzene rings is 2. The third-order valence-electron chi connectivity index (χ3n) is 6.46. The van der Waals surface area contributed by atoms with Gasteiger partial charge in [0.1, 0.15) is 5.65 Å². The van der Waals surface area contributed by atoms with Crippen LogP contribution in [0.2, 0.25) is 0 Å². The fraction of sp³-hybridized carbons (Fsp3) is 0.192. The van der Waals surface area contributed by atoms with Crippen LogP contribution in [-0.4, -0.2) is 34.4 Å². The molecular formula is C26H21FN4O3. The van der Waals surface area contributed by atoms with Gasteiger partial charge >= 0.3 is 0 Å². The van der Waals surface area contributed by atoms with Crippen molar-refractivity contribution in [2.45, 2.75) is 19.9 Å². The van der Waals surface area contributed by atoms with Gasteiger partial charge in [-0.05, 0) is 60.4 Å². The fourth-order valence-corrected chi connectivity index (χ4v) is 4.70. The average Bonchev–Trinajstić information content (AvgIpc) is 3.15. The van der Waals surface area contributed by atoms with Crippen LogP contribution in [0.5, 0.6) is 5.75 Å². The van der Waals surface area contributed by atoms with Crippen molar-refractivity contribution in [1.82, 2.24) is 14.7 Å². The zero-order valence-corrected chi connectivity index (χ0v) is 18.5. The first-order chi connectivity index (χ1) is 16.5. The minimum atomic E-state index is -0.554. The molecule has 7 nitrogen and oxygen atoms in total. The normalized spacial score (nSPS) is 15.1. The molecular weight excluding hydrogens is 435 g/mol. The van der Waals surface area contributed by atoms with Gasteiger partial charge in [-0.3, -0.25) is 14.5 Å². The standard InChI is InChI=1S/C26H21FN4O3/c1-15-22(30-9-3-2-4-23(30)29-15)13-31-21-12-18(11-20(27)25(21)34-14-24(31)32)17-6-5-16-7-8-28-26(33)19(16)10-17/h2-6,9-12H,7-8,13-14H2,1H3,(H,28,33). The second-order valence-electron chi connectivity index (χ2n) is 8.53. The van der Waals surface area contributed by atoms with Gasteiger partial charge in [0.2, 0.25) is 0 Å². The fourth-order valence-electron chi connectivity index (χ4n) is 4.70. The number of hydrogen-bond acceptors (Lipinski definition) is 4. The van der Waals surface area contributed by atoms with E-state index in [1.807, 2.05) is 47.9 Å². The van der Waals surface area contributed by atoms with Crippen molar-refractivity contribution < 1.29 is 18.7 Å². The predicted octanol–water partition coefficient (Wildman–Crippen LogP) is 3.66. The highest BCUT2D eigenvalue weighted by atomic mass is 19.1. The predicted molar refractivity (Wildman–Crippen MR) is 124 cm³/mol. The zero-order valence-electron chi connectivity index (χ0n) is 18.5. The molecule has 0 atom stereocenters. The van der Waals surface area contributed by atoms with Crippen LogP contribution >= 0.6 is 0 Å². The lowest BCUT2D eigenvalue weighted by atomic mass is 9.94. The van der Waals surface area contributed by atoms with E-state index in [0.29, 0.717) is 28.9 Å². The van der Waals surface area contributed by atoms with Gasteiger partial charge in [0.15, 0.2) is 18.2 Å². The van der Waals surface area contributed by atoms with Crippen LogP contribution in [0.4, 0.5) is 10.1 Å². The summed E-state index contributed by atoms with van der Waals surface area (Å²) in [6.45, 7) is 2.48. The first kappa shape index (κ1) is 20.4. The number of fused-ring (bicyclic) bond motifs is 3. The molecule has 4 aromatic rings. The van der Waals surface area contributed by atoms with E-state index in [4.69, 9.17) is 4.74 Å². The summed E-state index contributed by atoms with van der Waals surface area (Å²) in [7, 11) is 0. The van der Waals surface area contributed by atoms with E-state index in [9.17, 15) is 9.59 Å². The monoisotopic (exact) mass is 456 g/mol. The van der Waals surface area contributed by atoms with Crippen LogP contribution in [0.3, 0.4) is 0 Å². The molecule has 0 aliphatic carbocycles. The molecule has 4 heterocycles. The van der Waals surface area contributed by atoms with Crippen LogP contribution in [-0.2, 0) is 17.8 Å². The van der Waals surface area contributed by atoms with Crippen molar-refractivity contribution in [3.63, 3.8) is 0 Å². The Morgan fingerprint density at radius 2 is 2.00 bits per heavy atom. The third-order valence-corrected chi connectivity index (χ3v) is 6.46. The topological polar surface area (TPSA) is 75.9 Å². The largest absolute Gasteiger partial charge is 0.478 e. The molecule has 0 spiro atoms. The summed E-state index contributed by atoms with van der Waals surface area (Å²) < 4.78 is 22.6. The quantitative estimate of drug-likeness (QED) is 0.511. The lowest BCUT2D eigenvalue weighted by Crippen LogP contribution is -2.39. The maximum Gasteiger partial charge on any atom is 0.265 e. The molecule has 34 heavy (non-hydrogen) atoms. The summed E-state index contributed by atoms with van der Waals surface area (Å²) in [4.78, 5) is 31.3. The second kappa shape index (κ2) is 7.69. The molecule has 2 amide bonds. The summed E-state index contributed by atoms with van der Waals surface area (Å²) in [5.74, 6) is -0.906. The van der Waals surface area contributed by atoms with Gasteiger partial charge < -0.3 is 14.5 Å². The molecule has 1 N–H and O–H groups in total. The summed E-state index contributed by atoms with van der Waals surface area (Å²) in [5, 5.41) is 2.84. The Labute approximate surface area is 194 Å². The summed E-state index contributed by atoms with van der Waals surface area (Å²) >= 11 is 0. The molecule has 170 valence electrons. The molecule has 8 heteroatoms. The number of aryl methyl sites for hydroxylation is 1. The number of nitrogens with zero attached hydrogens (tertiary/aromatic N) is 3. The van der Waals surface area contributed by atoms with E-state index in [0.717, 1.165) is 29.0 Å². The number of hydrogen-bond donors (Lipinski definition) is 1. The Morgan fingerprint density at radius 1 is 1.12 bits per heavy atom. The first-order valence-corrected chi connectivity index (χ1v) is 11.1. The van der Waals surface area contributed by atoms with Crippen LogP contribution in [0, 0.1) is 12.7 Å². The Balaban J connectivity index is 1.45. The number of pyridine rings is 1. The highest BCUT2D eigenvalue weighted by Gasteiger charge is 2.30. The maximum atomic E-state index is 15.2. The molecule has 0 fully saturated rings. The average molecular weight is 456 g/mol. The lowest BCUT2D eigenvalue weighted by molar-refractivity contribution is -0.121. The van der Waals surface area contributed by atoms with Crippen molar-refractivity contribution in [2.24, 2.45) is 0 Å². The van der Waals surface area contributed by atoms with Crippen molar-refractivity contribution in [2.75, 3.05) is 18.1 Å². The second-order valence-corrected chi connectivity index (χ2v) is 8.53. The number of halogens is 1. The number of rotatable bonds is 3. The summed E-state index contributed by atoms with van der Waals surface area (Å²) in [6.07, 6.45) is 2.65. The number of nitrogens with one attached hydrogen (secondary N) is 1. The Morgan fingerprint density at radius 3 is 2.88 bits per heavy atom. The van der Waals surface area contributed by atoms with Crippen LogP contribution in [0.1, 0.15) is 27.3 Å². The van der Waals surface area contributed by atoms with Gasteiger partial charge in [0.25, 0.3) is 11.8 Å². The SMILES string of the molecule is Cc1nc2ccccn2c1CN1C(=O)COc2c(F)cc(-c3ccc4c(c3)C(=O)NCC4)cc21. The Bertz CT molecular complexity index is 1490. The number of carbonyl (C=O) groups excluding carboxylic acids is 2. The Kier molecular flexibility index (Phi) is 4.62.